The van der Waals surface area contributed by atoms with Crippen LogP contribution in [0.2, 0.25) is 0 Å². The minimum atomic E-state index is -0.667. The molecule has 2 aliphatic rings. The first kappa shape index (κ1) is 23.6. The van der Waals surface area contributed by atoms with Gasteiger partial charge in [-0.25, -0.2) is 4.39 Å². The molecule has 0 radical (unpaired) electrons. The molecule has 0 aromatic heterocycles. The maximum absolute atomic E-state index is 13.6. The van der Waals surface area contributed by atoms with Crippen molar-refractivity contribution in [3.8, 4) is 11.5 Å². The molecule has 0 spiro atoms. The van der Waals surface area contributed by atoms with Gasteiger partial charge in [0, 0.05) is 6.42 Å². The zero-order chi connectivity index (χ0) is 24.9. The number of carbonyl (C=O) groups is 2. The molecule has 7 heteroatoms. The number of rotatable bonds is 3. The summed E-state index contributed by atoms with van der Waals surface area (Å²) in [4.78, 5) is 26.7. The van der Waals surface area contributed by atoms with E-state index in [1.807, 2.05) is 60.7 Å². The van der Waals surface area contributed by atoms with Gasteiger partial charge in [0.1, 0.15) is 5.82 Å². The highest BCUT2D eigenvalue weighted by molar-refractivity contribution is 5.90. The molecule has 0 saturated carbocycles. The predicted molar refractivity (Wildman–Crippen MR) is 133 cm³/mol. The minimum Gasteiger partial charge on any atom is -0.454 e. The number of ether oxygens (including phenoxy) is 2. The Labute approximate surface area is 209 Å². The average molecular weight is 487 g/mol. The Balaban J connectivity index is 1.48. The number of amides is 2. The van der Waals surface area contributed by atoms with Crippen molar-refractivity contribution in [1.82, 2.24) is 10.6 Å². The zero-order valence-corrected chi connectivity index (χ0v) is 19.7. The van der Waals surface area contributed by atoms with Crippen molar-refractivity contribution >= 4 is 11.8 Å². The van der Waals surface area contributed by atoms with Crippen LogP contribution in [-0.4, -0.2) is 18.6 Å². The van der Waals surface area contributed by atoms with Crippen molar-refractivity contribution in [3.05, 3.63) is 107 Å². The molecule has 0 saturated heterocycles. The fourth-order valence-electron chi connectivity index (χ4n) is 4.60. The van der Waals surface area contributed by atoms with Crippen LogP contribution in [0.3, 0.4) is 0 Å². The lowest BCUT2D eigenvalue weighted by Crippen LogP contribution is -2.37. The third-order valence-corrected chi connectivity index (χ3v) is 6.54. The summed E-state index contributed by atoms with van der Waals surface area (Å²) in [5.74, 6) is -0.156. The fraction of sp³-hybridized carbons (Fsp3) is 0.241. The average Bonchev–Trinajstić information content (AvgIpc) is 3.36. The summed E-state index contributed by atoms with van der Waals surface area (Å²) < 4.78 is 24.5. The van der Waals surface area contributed by atoms with Gasteiger partial charge in [-0.1, -0.05) is 60.7 Å². The van der Waals surface area contributed by atoms with Crippen LogP contribution in [0, 0.1) is 5.82 Å². The second kappa shape index (κ2) is 10.6. The lowest BCUT2D eigenvalue weighted by molar-refractivity contribution is -0.128. The quantitative estimate of drug-likeness (QED) is 0.506. The van der Waals surface area contributed by atoms with Gasteiger partial charge < -0.3 is 20.1 Å². The number of carbonyl (C=O) groups excluding carboxylic acids is 2. The highest BCUT2D eigenvalue weighted by atomic mass is 19.1. The van der Waals surface area contributed by atoms with E-state index in [2.05, 4.69) is 10.6 Å². The van der Waals surface area contributed by atoms with Crippen molar-refractivity contribution in [2.75, 3.05) is 6.79 Å². The molecule has 2 N–H and O–H groups in total. The highest BCUT2D eigenvalue weighted by Crippen LogP contribution is 2.35. The van der Waals surface area contributed by atoms with Crippen molar-refractivity contribution in [2.45, 2.75) is 37.3 Å². The van der Waals surface area contributed by atoms with Crippen molar-refractivity contribution in [1.29, 1.82) is 0 Å². The number of nitrogens with one attached hydrogen (secondary N) is 2. The van der Waals surface area contributed by atoms with Gasteiger partial charge in [-0.3, -0.25) is 9.59 Å². The maximum Gasteiger partial charge on any atom is 0.231 e. The second-order valence-corrected chi connectivity index (χ2v) is 8.96. The smallest absolute Gasteiger partial charge is 0.231 e. The van der Waals surface area contributed by atoms with E-state index in [0.29, 0.717) is 24.3 Å². The first-order valence-corrected chi connectivity index (χ1v) is 12.0. The van der Waals surface area contributed by atoms with Crippen molar-refractivity contribution in [3.63, 3.8) is 0 Å². The van der Waals surface area contributed by atoms with Crippen LogP contribution in [0.15, 0.2) is 84.9 Å². The number of halogens is 1. The summed E-state index contributed by atoms with van der Waals surface area (Å²) in [5.41, 5.74) is 2.46. The van der Waals surface area contributed by atoms with Crippen LogP contribution >= 0.6 is 0 Å². The van der Waals surface area contributed by atoms with Crippen LogP contribution in [-0.2, 0) is 9.59 Å². The summed E-state index contributed by atoms with van der Waals surface area (Å²) in [6, 6.07) is 20.4. The molecule has 3 aromatic carbocycles. The van der Waals surface area contributed by atoms with Gasteiger partial charge in [-0.2, -0.15) is 0 Å². The molecule has 36 heavy (non-hydrogen) atoms. The lowest BCUT2D eigenvalue weighted by Gasteiger charge is -2.25. The lowest BCUT2D eigenvalue weighted by atomic mass is 9.92. The summed E-state index contributed by atoms with van der Waals surface area (Å²) >= 11 is 0. The van der Waals surface area contributed by atoms with Gasteiger partial charge in [-0.15, -0.1) is 0 Å². The second-order valence-electron chi connectivity index (χ2n) is 8.96. The number of benzene rings is 3. The topological polar surface area (TPSA) is 76.7 Å². The molecule has 0 aliphatic carbocycles. The van der Waals surface area contributed by atoms with Crippen LogP contribution in [0.5, 0.6) is 11.5 Å². The van der Waals surface area contributed by atoms with E-state index in [-0.39, 0.29) is 42.9 Å². The molecule has 0 bridgehead atoms. The van der Waals surface area contributed by atoms with Crippen LogP contribution in [0.4, 0.5) is 4.39 Å². The first-order valence-electron chi connectivity index (χ1n) is 12.0. The summed E-state index contributed by atoms with van der Waals surface area (Å²) in [7, 11) is 0. The first-order chi connectivity index (χ1) is 17.6. The summed E-state index contributed by atoms with van der Waals surface area (Å²) in [6.07, 6.45) is 5.06. The van der Waals surface area contributed by atoms with E-state index < -0.39 is 5.92 Å². The highest BCUT2D eigenvalue weighted by Gasteiger charge is 2.28. The molecule has 2 amide bonds. The van der Waals surface area contributed by atoms with E-state index in [4.69, 9.17) is 9.47 Å². The predicted octanol–water partition coefficient (Wildman–Crippen LogP) is 5.09. The third kappa shape index (κ3) is 5.40. The van der Waals surface area contributed by atoms with Gasteiger partial charge in [0.2, 0.25) is 18.6 Å². The molecule has 3 aromatic rings. The van der Waals surface area contributed by atoms with E-state index >= 15 is 0 Å². The zero-order valence-electron chi connectivity index (χ0n) is 19.7. The molecule has 0 unspecified atom stereocenters. The molecular weight excluding hydrogens is 459 g/mol. The van der Waals surface area contributed by atoms with Gasteiger partial charge in [0.15, 0.2) is 11.5 Å². The van der Waals surface area contributed by atoms with Crippen LogP contribution in [0.25, 0.3) is 0 Å². The number of hydrogen-bond acceptors (Lipinski definition) is 4. The van der Waals surface area contributed by atoms with Gasteiger partial charge in [-0.05, 0) is 53.8 Å². The number of fused-ring (bicyclic) bond motifs is 1. The number of hydrogen-bond donors (Lipinski definition) is 2. The summed E-state index contributed by atoms with van der Waals surface area (Å²) in [6.45, 7) is 0.172. The van der Waals surface area contributed by atoms with Crippen LogP contribution < -0.4 is 20.1 Å². The maximum atomic E-state index is 13.6. The van der Waals surface area contributed by atoms with Gasteiger partial charge >= 0.3 is 0 Å². The van der Waals surface area contributed by atoms with E-state index in [9.17, 15) is 14.0 Å². The molecule has 6 nitrogen and oxygen atoms in total. The van der Waals surface area contributed by atoms with E-state index in [0.717, 1.165) is 16.7 Å². The van der Waals surface area contributed by atoms with E-state index in [1.165, 1.54) is 12.1 Å². The Morgan fingerprint density at radius 3 is 2.14 bits per heavy atom. The largest absolute Gasteiger partial charge is 0.454 e. The van der Waals surface area contributed by atoms with Crippen molar-refractivity contribution < 1.29 is 23.5 Å². The normalized spacial score (nSPS) is 23.1. The molecule has 3 atom stereocenters. The van der Waals surface area contributed by atoms with Gasteiger partial charge in [0.25, 0.3) is 0 Å². The van der Waals surface area contributed by atoms with Crippen LogP contribution in [0.1, 0.15) is 54.0 Å². The molecule has 2 aliphatic heterocycles. The monoisotopic (exact) mass is 486 g/mol. The third-order valence-electron chi connectivity index (χ3n) is 6.54. The SMILES string of the molecule is O=C1C[C@@H](c2ccccc2)C(=O)N[C@@H](c2ccc3c(c2)OCO3)C/C=C\C[C@@H](c2ccc(F)cc2)N1. The molecule has 5 rings (SSSR count). The molecular formula is C29H27FN2O4. The summed E-state index contributed by atoms with van der Waals surface area (Å²) in [5, 5.41) is 6.19. The molecule has 184 valence electrons. The Morgan fingerprint density at radius 1 is 0.722 bits per heavy atom. The van der Waals surface area contributed by atoms with Gasteiger partial charge in [0.05, 0.1) is 18.0 Å². The Hall–Kier alpha value is -4.13. The Bertz CT molecular complexity index is 1260. The Morgan fingerprint density at radius 2 is 1.39 bits per heavy atom. The molecule has 0 fully saturated rings. The Kier molecular flexibility index (Phi) is 6.98. The van der Waals surface area contributed by atoms with Crippen molar-refractivity contribution in [2.24, 2.45) is 0 Å². The standard InChI is InChI=1S/C29H27FN2O4/c30-22-13-10-20(11-14-22)24-8-4-5-9-25(21-12-15-26-27(16-21)36-18-35-26)32-29(34)23(17-28(33)31-24)19-6-2-1-3-7-19/h1-7,10-16,23-25H,8-9,17-18H2,(H,31,33)(H,32,34)/b5-4-/t23-,24-,25+/m0/s1. The minimum absolute atomic E-state index is 0.00881. The fourth-order valence-corrected chi connectivity index (χ4v) is 4.60. The molecule has 2 heterocycles. The van der Waals surface area contributed by atoms with E-state index in [1.54, 1.807) is 12.1 Å².